The van der Waals surface area contributed by atoms with Gasteiger partial charge in [0.25, 0.3) is 0 Å². The Labute approximate surface area is 222 Å². The number of nitrogens with zero attached hydrogens (tertiary/aromatic N) is 1. The Morgan fingerprint density at radius 1 is 0.806 bits per heavy atom. The third kappa shape index (κ3) is 15.7. The maximum absolute atomic E-state index is 8.08. The Hall–Kier alpha value is -2.28. The summed E-state index contributed by atoms with van der Waals surface area (Å²) in [5.74, 6) is 0.615. The van der Waals surface area contributed by atoms with E-state index in [0.29, 0.717) is 18.6 Å². The first kappa shape index (κ1) is 31.7. The van der Waals surface area contributed by atoms with Crippen LogP contribution in [0.5, 0.6) is 0 Å². The average molecular weight is 516 g/mol. The summed E-state index contributed by atoms with van der Waals surface area (Å²) in [6.45, 7) is 7.57. The zero-order valence-electron chi connectivity index (χ0n) is 20.8. The number of benzene rings is 2. The van der Waals surface area contributed by atoms with Crippen molar-refractivity contribution in [2.24, 2.45) is 0 Å². The van der Waals surface area contributed by atoms with Gasteiger partial charge in [0.15, 0.2) is 0 Å². The summed E-state index contributed by atoms with van der Waals surface area (Å²) < 4.78 is 15.2. The van der Waals surface area contributed by atoms with E-state index in [4.69, 9.17) is 26.2 Å². The minimum atomic E-state index is 0. The molecule has 1 N–H and O–H groups in total. The zero-order valence-corrected chi connectivity index (χ0v) is 21.6. The first-order valence-corrected chi connectivity index (χ1v) is 12.7. The number of pyridine rings is 1. The molecular weight excluding hydrogens is 474 g/mol. The average Bonchev–Trinajstić information content (AvgIpc) is 3.86. The van der Waals surface area contributed by atoms with E-state index >= 15 is 0 Å². The number of aromatic nitrogens is 1. The smallest absolute Gasteiger partial charge is 0.104 e. The lowest BCUT2D eigenvalue weighted by atomic mass is 10.1. The van der Waals surface area contributed by atoms with E-state index in [-0.39, 0.29) is 20.1 Å². The van der Waals surface area contributed by atoms with Gasteiger partial charge in [-0.1, -0.05) is 75.9 Å². The second kappa shape index (κ2) is 19.9. The van der Waals surface area contributed by atoms with Gasteiger partial charge in [0.05, 0.1) is 33.0 Å². The van der Waals surface area contributed by atoms with Crippen LogP contribution < -0.4 is 0 Å². The van der Waals surface area contributed by atoms with Gasteiger partial charge in [0, 0.05) is 18.3 Å². The standard InChI is InChI=1S/C12H16O2.C9H11Cl.C5H5N.C3H6O2.CH4/c1-2-10-3-5-11(6-4-10)7-13-8-12-9-14-12;1-2-8-3-5-9(7-10)6-4-8;1-2-4-6-5-3-1;4-1-3-2-5-3;/h3-6,12H,2,7-9H2,1H3;3-6H,2,7H2,1H3;1-5H;3-4H,1-2H2;1H4. The molecule has 0 aliphatic carbocycles. The lowest BCUT2D eigenvalue weighted by Gasteiger charge is -2.03. The third-order valence-electron chi connectivity index (χ3n) is 5.16. The number of hydrogen-bond acceptors (Lipinski definition) is 5. The van der Waals surface area contributed by atoms with Crippen LogP contribution in [0.3, 0.4) is 0 Å². The number of aliphatic hydroxyl groups is 1. The van der Waals surface area contributed by atoms with Crippen LogP contribution in [0.1, 0.15) is 43.5 Å². The van der Waals surface area contributed by atoms with Gasteiger partial charge in [-0.25, -0.2) is 0 Å². The first-order chi connectivity index (χ1) is 17.2. The fraction of sp³-hybridized carbons (Fsp3) is 0.433. The molecule has 3 aromatic rings. The fourth-order valence-electron chi connectivity index (χ4n) is 2.69. The number of aliphatic hydroxyl groups excluding tert-OH is 1. The molecule has 0 saturated carbocycles. The molecule has 0 amide bonds. The lowest BCUT2D eigenvalue weighted by molar-refractivity contribution is 0.104. The molecule has 0 bridgehead atoms. The molecule has 198 valence electrons. The largest absolute Gasteiger partial charge is 0.394 e. The predicted molar refractivity (Wildman–Crippen MR) is 148 cm³/mol. The molecule has 3 heterocycles. The molecule has 2 aliphatic heterocycles. The molecule has 0 spiro atoms. The topological polar surface area (TPSA) is 67.4 Å². The summed E-state index contributed by atoms with van der Waals surface area (Å²) in [5.41, 5.74) is 5.18. The fourth-order valence-corrected chi connectivity index (χ4v) is 2.87. The van der Waals surface area contributed by atoms with E-state index < -0.39 is 0 Å². The van der Waals surface area contributed by atoms with Crippen molar-refractivity contribution in [1.82, 2.24) is 4.98 Å². The van der Waals surface area contributed by atoms with Crippen LogP contribution in [0.2, 0.25) is 0 Å². The van der Waals surface area contributed by atoms with Crippen molar-refractivity contribution < 1.29 is 19.3 Å². The first-order valence-electron chi connectivity index (χ1n) is 12.2. The number of aryl methyl sites for hydroxylation is 2. The van der Waals surface area contributed by atoms with Crippen molar-refractivity contribution in [3.8, 4) is 0 Å². The summed E-state index contributed by atoms with van der Waals surface area (Å²) in [6.07, 6.45) is 6.25. The van der Waals surface area contributed by atoms with Crippen LogP contribution in [0, 0.1) is 0 Å². The van der Waals surface area contributed by atoms with Gasteiger partial charge >= 0.3 is 0 Å². The summed E-state index contributed by atoms with van der Waals surface area (Å²) in [6, 6.07) is 22.7. The highest BCUT2D eigenvalue weighted by Crippen LogP contribution is 2.11. The van der Waals surface area contributed by atoms with Crippen LogP contribution in [-0.2, 0) is 39.5 Å². The highest BCUT2D eigenvalue weighted by Gasteiger charge is 2.22. The number of hydrogen-bond donors (Lipinski definition) is 1. The maximum Gasteiger partial charge on any atom is 0.104 e. The highest BCUT2D eigenvalue weighted by atomic mass is 35.5. The van der Waals surface area contributed by atoms with E-state index in [0.717, 1.165) is 32.7 Å². The molecule has 2 fully saturated rings. The van der Waals surface area contributed by atoms with Gasteiger partial charge in [0.2, 0.25) is 0 Å². The number of halogens is 1. The van der Waals surface area contributed by atoms with E-state index in [1.165, 1.54) is 22.3 Å². The SMILES string of the molecule is C.CCc1ccc(CCl)cc1.CCc1ccc(COCC2CO2)cc1.OCC1CO1.c1ccncc1. The van der Waals surface area contributed by atoms with Gasteiger partial charge in [-0.2, -0.15) is 0 Å². The molecule has 0 radical (unpaired) electrons. The quantitative estimate of drug-likeness (QED) is 0.284. The molecule has 36 heavy (non-hydrogen) atoms. The summed E-state index contributed by atoms with van der Waals surface area (Å²) >= 11 is 5.62. The zero-order chi connectivity index (χ0) is 25.1. The number of ether oxygens (including phenoxy) is 3. The van der Waals surface area contributed by atoms with Gasteiger partial charge in [-0.15, -0.1) is 11.6 Å². The van der Waals surface area contributed by atoms with Crippen LogP contribution in [-0.4, -0.2) is 48.7 Å². The van der Waals surface area contributed by atoms with E-state index in [1.54, 1.807) is 12.4 Å². The minimum Gasteiger partial charge on any atom is -0.394 e. The van der Waals surface area contributed by atoms with Crippen LogP contribution >= 0.6 is 11.6 Å². The molecular formula is C30H42ClNO4. The Morgan fingerprint density at radius 3 is 1.58 bits per heavy atom. The highest BCUT2D eigenvalue weighted by molar-refractivity contribution is 6.17. The van der Waals surface area contributed by atoms with Crippen LogP contribution in [0.15, 0.2) is 79.1 Å². The Balaban J connectivity index is 0.000000257. The Morgan fingerprint density at radius 2 is 1.28 bits per heavy atom. The maximum atomic E-state index is 8.08. The molecule has 2 aliphatic rings. The second-order valence-electron chi connectivity index (χ2n) is 8.11. The molecule has 5 rings (SSSR count). The molecule has 2 aromatic carbocycles. The van der Waals surface area contributed by atoms with Gasteiger partial charge < -0.3 is 19.3 Å². The van der Waals surface area contributed by atoms with Crippen molar-refractivity contribution in [2.75, 3.05) is 26.4 Å². The van der Waals surface area contributed by atoms with E-state index in [2.05, 4.69) is 72.1 Å². The van der Waals surface area contributed by atoms with Crippen molar-refractivity contribution in [3.63, 3.8) is 0 Å². The van der Waals surface area contributed by atoms with Crippen molar-refractivity contribution in [3.05, 3.63) is 101 Å². The Kier molecular flexibility index (Phi) is 17.5. The summed E-state index contributed by atoms with van der Waals surface area (Å²) in [7, 11) is 0. The van der Waals surface area contributed by atoms with Gasteiger partial charge in [-0.3, -0.25) is 4.98 Å². The van der Waals surface area contributed by atoms with Crippen molar-refractivity contribution in [2.45, 2.75) is 58.8 Å². The predicted octanol–water partition coefficient (Wildman–Crippen LogP) is 6.25. The van der Waals surface area contributed by atoms with Gasteiger partial charge in [-0.05, 0) is 47.2 Å². The van der Waals surface area contributed by atoms with Crippen LogP contribution in [0.4, 0.5) is 0 Å². The Bertz CT molecular complexity index is 833. The molecule has 2 saturated heterocycles. The van der Waals surface area contributed by atoms with Crippen molar-refractivity contribution in [1.29, 1.82) is 0 Å². The second-order valence-corrected chi connectivity index (χ2v) is 8.37. The summed E-state index contributed by atoms with van der Waals surface area (Å²) in [4.78, 5) is 3.78. The number of alkyl halides is 1. The normalized spacial score (nSPS) is 16.4. The van der Waals surface area contributed by atoms with Crippen LogP contribution in [0.25, 0.3) is 0 Å². The minimum absolute atomic E-state index is 0. The summed E-state index contributed by atoms with van der Waals surface area (Å²) in [5, 5.41) is 8.08. The molecule has 1 aromatic heterocycles. The number of epoxide rings is 2. The van der Waals surface area contributed by atoms with Crippen molar-refractivity contribution >= 4 is 11.6 Å². The van der Waals surface area contributed by atoms with Gasteiger partial charge in [0.1, 0.15) is 12.2 Å². The molecule has 2 unspecified atom stereocenters. The lowest BCUT2D eigenvalue weighted by Crippen LogP contribution is -2.01. The monoisotopic (exact) mass is 515 g/mol. The molecule has 6 heteroatoms. The third-order valence-corrected chi connectivity index (χ3v) is 5.47. The molecule has 5 nitrogen and oxygen atoms in total. The molecule has 2 atom stereocenters. The number of rotatable bonds is 8. The van der Waals surface area contributed by atoms with E-state index in [9.17, 15) is 0 Å². The van der Waals surface area contributed by atoms with E-state index in [1.807, 2.05) is 18.2 Å².